The predicted molar refractivity (Wildman–Crippen MR) is 106 cm³/mol. The second kappa shape index (κ2) is 7.52. The molecule has 0 bridgehead atoms. The van der Waals surface area contributed by atoms with Crippen LogP contribution >= 0.6 is 0 Å². The topological polar surface area (TPSA) is 32.9 Å². The number of ketones is 1. The highest BCUT2D eigenvalue weighted by Gasteiger charge is 2.20. The molecule has 0 aliphatic heterocycles. The van der Waals surface area contributed by atoms with E-state index >= 15 is 0 Å². The Kier molecular flexibility index (Phi) is 5.18. The summed E-state index contributed by atoms with van der Waals surface area (Å²) in [6.07, 6.45) is 9.74. The van der Waals surface area contributed by atoms with Gasteiger partial charge in [-0.25, -0.2) is 0 Å². The average Bonchev–Trinajstić information content (AvgIpc) is 3.07. The largest absolute Gasteiger partial charge is 0.358 e. The van der Waals surface area contributed by atoms with Crippen LogP contribution in [0.1, 0.15) is 59.6 Å². The van der Waals surface area contributed by atoms with E-state index in [2.05, 4.69) is 54.9 Å². The number of aromatic amines is 1. The molecule has 0 saturated carbocycles. The summed E-state index contributed by atoms with van der Waals surface area (Å²) in [6, 6.07) is 10.5. The molecule has 1 aromatic heterocycles. The number of aromatic nitrogens is 1. The fourth-order valence-electron chi connectivity index (χ4n) is 3.28. The van der Waals surface area contributed by atoms with Crippen LogP contribution in [0.25, 0.3) is 11.1 Å². The molecule has 0 atom stereocenters. The lowest BCUT2D eigenvalue weighted by atomic mass is 9.96. The van der Waals surface area contributed by atoms with E-state index < -0.39 is 0 Å². The zero-order chi connectivity index (χ0) is 17.8. The first kappa shape index (κ1) is 17.2. The molecule has 0 saturated heterocycles. The van der Waals surface area contributed by atoms with E-state index in [0.29, 0.717) is 6.42 Å². The maximum Gasteiger partial charge on any atom is 0.164 e. The Balaban J connectivity index is 1.93. The van der Waals surface area contributed by atoms with Gasteiger partial charge in [0, 0.05) is 23.4 Å². The van der Waals surface area contributed by atoms with Gasteiger partial charge < -0.3 is 4.98 Å². The van der Waals surface area contributed by atoms with Gasteiger partial charge in [-0.3, -0.25) is 4.79 Å². The summed E-state index contributed by atoms with van der Waals surface area (Å²) in [4.78, 5) is 15.6. The van der Waals surface area contributed by atoms with Crippen molar-refractivity contribution >= 4 is 16.9 Å². The number of allylic oxidation sites excluding steroid dienone is 5. The minimum absolute atomic E-state index is 0.248. The number of hydrogen-bond donors (Lipinski definition) is 1. The standard InChI is InChI=1S/C23H25NO/c1-4-7-19(14-16(3)18-12-10-17(5-2)11-13-18)22-15-20-21(24-22)8-6-9-23(20)25/h4,7,10-15,24H,3,5-6,8-9H2,1-2H3/b7-4-,19-14+. The fraction of sp³-hybridized carbons (Fsp3) is 0.261. The first-order valence-corrected chi connectivity index (χ1v) is 9.00. The van der Waals surface area contributed by atoms with Gasteiger partial charge in [-0.1, -0.05) is 49.9 Å². The first-order chi connectivity index (χ1) is 12.1. The van der Waals surface area contributed by atoms with Crippen molar-refractivity contribution in [3.63, 3.8) is 0 Å². The van der Waals surface area contributed by atoms with Crippen LogP contribution in [-0.2, 0) is 12.8 Å². The van der Waals surface area contributed by atoms with Gasteiger partial charge in [-0.2, -0.15) is 0 Å². The van der Waals surface area contributed by atoms with Crippen LogP contribution in [0.2, 0.25) is 0 Å². The molecule has 2 nitrogen and oxygen atoms in total. The van der Waals surface area contributed by atoms with E-state index in [-0.39, 0.29) is 5.78 Å². The Labute approximate surface area is 150 Å². The summed E-state index contributed by atoms with van der Waals surface area (Å²) in [5.74, 6) is 0.248. The van der Waals surface area contributed by atoms with E-state index in [1.165, 1.54) is 5.56 Å². The zero-order valence-corrected chi connectivity index (χ0v) is 15.1. The minimum Gasteiger partial charge on any atom is -0.358 e. The van der Waals surface area contributed by atoms with E-state index in [9.17, 15) is 4.79 Å². The highest BCUT2D eigenvalue weighted by Crippen LogP contribution is 2.28. The number of fused-ring (bicyclic) bond motifs is 1. The molecular formula is C23H25NO. The number of aryl methyl sites for hydroxylation is 2. The van der Waals surface area contributed by atoms with Crippen molar-refractivity contribution in [3.05, 3.63) is 83.2 Å². The molecule has 0 spiro atoms. The number of carbonyl (C=O) groups is 1. The Bertz CT molecular complexity index is 847. The minimum atomic E-state index is 0.248. The van der Waals surface area contributed by atoms with Crippen molar-refractivity contribution in [2.75, 3.05) is 0 Å². The molecule has 128 valence electrons. The summed E-state index contributed by atoms with van der Waals surface area (Å²) >= 11 is 0. The van der Waals surface area contributed by atoms with E-state index in [0.717, 1.165) is 52.9 Å². The number of carbonyl (C=O) groups excluding carboxylic acids is 1. The summed E-state index contributed by atoms with van der Waals surface area (Å²) in [5.41, 5.74) is 7.37. The van der Waals surface area contributed by atoms with Gasteiger partial charge in [0.2, 0.25) is 0 Å². The van der Waals surface area contributed by atoms with Crippen molar-refractivity contribution in [1.29, 1.82) is 0 Å². The molecule has 1 aromatic carbocycles. The van der Waals surface area contributed by atoms with Gasteiger partial charge in [0.1, 0.15) is 0 Å². The second-order valence-corrected chi connectivity index (χ2v) is 6.53. The number of benzene rings is 1. The predicted octanol–water partition coefficient (Wildman–Crippen LogP) is 5.77. The summed E-state index contributed by atoms with van der Waals surface area (Å²) < 4.78 is 0. The van der Waals surface area contributed by atoms with Crippen LogP contribution in [0.5, 0.6) is 0 Å². The SMILES string of the molecule is C=C(/C=C(\C=C/C)c1cc2c([nH]1)CCCC2=O)c1ccc(CC)cc1. The van der Waals surface area contributed by atoms with Crippen molar-refractivity contribution < 1.29 is 4.79 Å². The van der Waals surface area contributed by atoms with Gasteiger partial charge in [-0.15, -0.1) is 0 Å². The fourth-order valence-corrected chi connectivity index (χ4v) is 3.28. The number of nitrogens with one attached hydrogen (secondary N) is 1. The van der Waals surface area contributed by atoms with Crippen molar-refractivity contribution in [1.82, 2.24) is 4.98 Å². The molecule has 1 heterocycles. The molecule has 0 fully saturated rings. The maximum absolute atomic E-state index is 12.1. The van der Waals surface area contributed by atoms with Crippen LogP contribution < -0.4 is 0 Å². The molecule has 25 heavy (non-hydrogen) atoms. The van der Waals surface area contributed by atoms with Gasteiger partial charge in [-0.05, 0) is 60.6 Å². The van der Waals surface area contributed by atoms with E-state index in [1.54, 1.807) is 0 Å². The average molecular weight is 331 g/mol. The van der Waals surface area contributed by atoms with E-state index in [4.69, 9.17) is 0 Å². The molecule has 1 N–H and O–H groups in total. The normalized spacial score (nSPS) is 14.8. The van der Waals surface area contributed by atoms with Gasteiger partial charge in [0.25, 0.3) is 0 Å². The van der Waals surface area contributed by atoms with Crippen LogP contribution in [0.15, 0.2) is 55.1 Å². The molecule has 0 radical (unpaired) electrons. The number of Topliss-reactive ketones (excluding diaryl/α,β-unsaturated/α-hetero) is 1. The number of hydrogen-bond acceptors (Lipinski definition) is 1. The third-order valence-corrected chi connectivity index (χ3v) is 4.75. The van der Waals surface area contributed by atoms with Crippen LogP contribution in [0, 0.1) is 0 Å². The molecule has 3 rings (SSSR count). The van der Waals surface area contributed by atoms with Crippen LogP contribution in [-0.4, -0.2) is 10.8 Å². The van der Waals surface area contributed by atoms with E-state index in [1.807, 2.05) is 19.1 Å². The third kappa shape index (κ3) is 3.74. The summed E-state index contributed by atoms with van der Waals surface area (Å²) in [7, 11) is 0. The van der Waals surface area contributed by atoms with Crippen molar-refractivity contribution in [2.24, 2.45) is 0 Å². The molecule has 1 aliphatic carbocycles. The van der Waals surface area contributed by atoms with Crippen molar-refractivity contribution in [2.45, 2.75) is 39.5 Å². The van der Waals surface area contributed by atoms with Crippen molar-refractivity contribution in [3.8, 4) is 0 Å². The van der Waals surface area contributed by atoms with Gasteiger partial charge in [0.05, 0.1) is 0 Å². The molecular weight excluding hydrogens is 306 g/mol. The summed E-state index contributed by atoms with van der Waals surface area (Å²) in [5, 5.41) is 0. The lowest BCUT2D eigenvalue weighted by Gasteiger charge is -2.08. The second-order valence-electron chi connectivity index (χ2n) is 6.53. The molecule has 2 aromatic rings. The Morgan fingerprint density at radius 2 is 2.00 bits per heavy atom. The zero-order valence-electron chi connectivity index (χ0n) is 15.1. The lowest BCUT2D eigenvalue weighted by molar-refractivity contribution is 0.0972. The highest BCUT2D eigenvalue weighted by molar-refractivity contribution is 5.99. The van der Waals surface area contributed by atoms with Gasteiger partial charge >= 0.3 is 0 Å². The molecule has 1 aliphatic rings. The summed E-state index contributed by atoms with van der Waals surface area (Å²) in [6.45, 7) is 8.39. The Morgan fingerprint density at radius 1 is 1.24 bits per heavy atom. The molecule has 2 heteroatoms. The third-order valence-electron chi connectivity index (χ3n) is 4.75. The van der Waals surface area contributed by atoms with Crippen LogP contribution in [0.3, 0.4) is 0 Å². The monoisotopic (exact) mass is 331 g/mol. The lowest BCUT2D eigenvalue weighted by Crippen LogP contribution is -2.08. The Hall–Kier alpha value is -2.61. The number of rotatable bonds is 5. The maximum atomic E-state index is 12.1. The van der Waals surface area contributed by atoms with Gasteiger partial charge in [0.15, 0.2) is 5.78 Å². The first-order valence-electron chi connectivity index (χ1n) is 9.00. The number of H-pyrrole nitrogens is 1. The highest BCUT2D eigenvalue weighted by atomic mass is 16.1. The van der Waals surface area contributed by atoms with Crippen LogP contribution in [0.4, 0.5) is 0 Å². The smallest absolute Gasteiger partial charge is 0.164 e. The quantitative estimate of drug-likeness (QED) is 0.693. The molecule has 0 unspecified atom stereocenters. The Morgan fingerprint density at radius 3 is 2.64 bits per heavy atom. The molecule has 0 amide bonds.